The average molecular weight is 265 g/mol. The second kappa shape index (κ2) is 7.41. The van der Waals surface area contributed by atoms with Crippen molar-refractivity contribution in [2.45, 2.75) is 45.9 Å². The monoisotopic (exact) mass is 265 g/mol. The highest BCUT2D eigenvalue weighted by Crippen LogP contribution is 2.54. The summed E-state index contributed by atoms with van der Waals surface area (Å²) < 4.78 is 4.85. The lowest BCUT2D eigenvalue weighted by molar-refractivity contribution is -0.141. The summed E-state index contributed by atoms with van der Waals surface area (Å²) in [5.74, 6) is -0.198. The number of hydrogen-bond acceptors (Lipinski definition) is 4. The van der Waals surface area contributed by atoms with Gasteiger partial charge in [0, 0.05) is 6.29 Å². The van der Waals surface area contributed by atoms with Crippen LogP contribution in [-0.4, -0.2) is 36.7 Å². The van der Waals surface area contributed by atoms with Gasteiger partial charge < -0.3 is 10.1 Å². The van der Waals surface area contributed by atoms with Gasteiger partial charge in [-0.3, -0.25) is 4.79 Å². The molecule has 0 atom stereocenters. The van der Waals surface area contributed by atoms with E-state index in [-0.39, 0.29) is 12.5 Å². The zero-order valence-electron chi connectivity index (χ0n) is 10.9. The lowest BCUT2D eigenvalue weighted by atomic mass is 10.5. The molecule has 0 rings (SSSR count). The van der Waals surface area contributed by atoms with E-state index in [0.29, 0.717) is 17.9 Å². The summed E-state index contributed by atoms with van der Waals surface area (Å²) >= 11 is 5.76. The molecule has 0 aromatic rings. The largest absolute Gasteiger partial charge is 0.465 e. The molecule has 1 N–H and O–H groups in total. The molecule has 0 spiro atoms. The lowest BCUT2D eigenvalue weighted by Gasteiger charge is -2.30. The Morgan fingerprint density at radius 3 is 2.19 bits per heavy atom. The molecule has 0 heterocycles. The minimum Gasteiger partial charge on any atom is -0.465 e. The molecule has 0 aliphatic carbocycles. The summed E-state index contributed by atoms with van der Waals surface area (Å²) in [5.41, 5.74) is 1.02. The van der Waals surface area contributed by atoms with E-state index < -0.39 is 6.04 Å². The van der Waals surface area contributed by atoms with E-state index in [1.165, 1.54) is 0 Å². The van der Waals surface area contributed by atoms with Crippen LogP contribution in [0.2, 0.25) is 0 Å². The predicted molar refractivity (Wildman–Crippen MR) is 74.1 cm³/mol. The van der Waals surface area contributed by atoms with E-state index in [9.17, 15) is 4.79 Å². The standard InChI is InChI=1S/C11H24NO2PS/c1-6-14-11(13)7-12-8-15(16,9(2)3)10(4)5/h9-10,12H,6-8H2,1-5H3. The van der Waals surface area contributed by atoms with Gasteiger partial charge in [-0.15, -0.1) is 0 Å². The predicted octanol–water partition coefficient (Wildman–Crippen LogP) is 2.39. The first-order chi connectivity index (χ1) is 7.34. The first-order valence-electron chi connectivity index (χ1n) is 5.79. The Morgan fingerprint density at radius 1 is 1.31 bits per heavy atom. The molecule has 0 radical (unpaired) electrons. The molecule has 0 aliphatic rings. The second-order valence-corrected chi connectivity index (χ2v) is 10.6. The molecular weight excluding hydrogens is 241 g/mol. The molecule has 5 heteroatoms. The minimum absolute atomic E-state index is 0.198. The Hall–Kier alpha value is 0.0800. The van der Waals surface area contributed by atoms with E-state index in [0.717, 1.165) is 6.29 Å². The Balaban J connectivity index is 4.16. The van der Waals surface area contributed by atoms with Crippen molar-refractivity contribution in [2.24, 2.45) is 0 Å². The van der Waals surface area contributed by atoms with Crippen molar-refractivity contribution in [3.8, 4) is 0 Å². The van der Waals surface area contributed by atoms with Crippen molar-refractivity contribution >= 4 is 23.8 Å². The number of ether oxygens (including phenoxy) is 1. The highest BCUT2D eigenvalue weighted by molar-refractivity contribution is 8.15. The lowest BCUT2D eigenvalue weighted by Crippen LogP contribution is -2.28. The van der Waals surface area contributed by atoms with Crippen LogP contribution in [0.5, 0.6) is 0 Å². The van der Waals surface area contributed by atoms with Crippen molar-refractivity contribution in [1.82, 2.24) is 5.32 Å². The molecule has 0 saturated heterocycles. The summed E-state index contributed by atoms with van der Waals surface area (Å²) in [7, 11) is 0. The average Bonchev–Trinajstić information content (AvgIpc) is 2.17. The Labute approximate surface area is 104 Å². The fourth-order valence-corrected chi connectivity index (χ4v) is 4.16. The van der Waals surface area contributed by atoms with Crippen LogP contribution in [0, 0.1) is 0 Å². The summed E-state index contributed by atoms with van der Waals surface area (Å²) in [6.07, 6.45) is 0.774. The van der Waals surface area contributed by atoms with Crippen molar-refractivity contribution in [2.75, 3.05) is 19.4 Å². The molecule has 16 heavy (non-hydrogen) atoms. The number of carbonyl (C=O) groups is 1. The van der Waals surface area contributed by atoms with Crippen molar-refractivity contribution in [1.29, 1.82) is 0 Å². The summed E-state index contributed by atoms with van der Waals surface area (Å²) in [4.78, 5) is 11.2. The van der Waals surface area contributed by atoms with E-state index >= 15 is 0 Å². The van der Waals surface area contributed by atoms with Crippen LogP contribution in [0.15, 0.2) is 0 Å². The highest BCUT2D eigenvalue weighted by Gasteiger charge is 2.25. The molecule has 0 bridgehead atoms. The van der Waals surface area contributed by atoms with Crippen molar-refractivity contribution in [3.63, 3.8) is 0 Å². The third kappa shape index (κ3) is 4.94. The zero-order valence-corrected chi connectivity index (χ0v) is 12.7. The van der Waals surface area contributed by atoms with E-state index in [1.54, 1.807) is 0 Å². The fourth-order valence-electron chi connectivity index (χ4n) is 1.51. The molecule has 3 nitrogen and oxygen atoms in total. The number of nitrogens with one attached hydrogen (secondary N) is 1. The van der Waals surface area contributed by atoms with Crippen LogP contribution >= 0.6 is 6.04 Å². The van der Waals surface area contributed by atoms with Crippen LogP contribution in [-0.2, 0) is 21.3 Å². The van der Waals surface area contributed by atoms with E-state index in [1.807, 2.05) is 6.92 Å². The van der Waals surface area contributed by atoms with Gasteiger partial charge in [0.2, 0.25) is 0 Å². The van der Waals surface area contributed by atoms with Crippen molar-refractivity contribution < 1.29 is 9.53 Å². The maximum atomic E-state index is 11.2. The van der Waals surface area contributed by atoms with Crippen LogP contribution in [0.1, 0.15) is 34.6 Å². The molecule has 0 unspecified atom stereocenters. The maximum absolute atomic E-state index is 11.2. The van der Waals surface area contributed by atoms with Gasteiger partial charge in [0.05, 0.1) is 13.2 Å². The van der Waals surface area contributed by atoms with Gasteiger partial charge in [-0.25, -0.2) is 0 Å². The van der Waals surface area contributed by atoms with Gasteiger partial charge in [-0.05, 0) is 24.3 Å². The van der Waals surface area contributed by atoms with Gasteiger partial charge in [0.25, 0.3) is 0 Å². The quantitative estimate of drug-likeness (QED) is 0.566. The zero-order chi connectivity index (χ0) is 12.8. The van der Waals surface area contributed by atoms with Crippen LogP contribution < -0.4 is 5.32 Å². The Morgan fingerprint density at radius 2 is 1.81 bits per heavy atom. The molecule has 96 valence electrons. The maximum Gasteiger partial charge on any atom is 0.319 e. The summed E-state index contributed by atoms with van der Waals surface area (Å²) in [6.45, 7) is 11.2. The van der Waals surface area contributed by atoms with Gasteiger partial charge >= 0.3 is 5.97 Å². The molecule has 0 saturated carbocycles. The molecule has 0 aromatic heterocycles. The van der Waals surface area contributed by atoms with Crippen LogP contribution in [0.4, 0.5) is 0 Å². The number of hydrogen-bond donors (Lipinski definition) is 1. The molecule has 0 fully saturated rings. The first-order valence-corrected chi connectivity index (χ1v) is 8.92. The normalized spacial score (nSPS) is 12.2. The molecule has 0 aromatic carbocycles. The number of rotatable bonds is 7. The van der Waals surface area contributed by atoms with Gasteiger partial charge in [-0.2, -0.15) is 0 Å². The highest BCUT2D eigenvalue weighted by atomic mass is 32.4. The molecule has 0 aliphatic heterocycles. The smallest absolute Gasteiger partial charge is 0.319 e. The fraction of sp³-hybridized carbons (Fsp3) is 0.909. The molecule has 0 amide bonds. The summed E-state index contributed by atoms with van der Waals surface area (Å²) in [5, 5.41) is 3.14. The SMILES string of the molecule is CCOC(=O)CNCP(=S)(C(C)C)C(C)C. The number of carbonyl (C=O) groups excluding carboxylic acids is 1. The van der Waals surface area contributed by atoms with Gasteiger partial charge in [-0.1, -0.05) is 39.5 Å². The van der Waals surface area contributed by atoms with Crippen LogP contribution in [0.25, 0.3) is 0 Å². The van der Waals surface area contributed by atoms with Crippen LogP contribution in [0.3, 0.4) is 0 Å². The third-order valence-corrected chi connectivity index (χ3v) is 9.81. The van der Waals surface area contributed by atoms with E-state index in [2.05, 4.69) is 33.0 Å². The number of esters is 1. The Kier molecular flexibility index (Phi) is 7.45. The minimum atomic E-state index is -1.42. The van der Waals surface area contributed by atoms with Gasteiger partial charge in [0.1, 0.15) is 0 Å². The topological polar surface area (TPSA) is 38.3 Å². The summed E-state index contributed by atoms with van der Waals surface area (Å²) in [6, 6.07) is -1.42. The third-order valence-electron chi connectivity index (χ3n) is 2.68. The second-order valence-electron chi connectivity index (χ2n) is 4.43. The van der Waals surface area contributed by atoms with Crippen molar-refractivity contribution in [3.05, 3.63) is 0 Å². The van der Waals surface area contributed by atoms with E-state index in [4.69, 9.17) is 16.5 Å². The Bertz CT molecular complexity index is 255. The first kappa shape index (κ1) is 16.1. The van der Waals surface area contributed by atoms with Gasteiger partial charge in [0.15, 0.2) is 0 Å². The molecular formula is C11H24NO2PS.